The molecule has 2 heterocycles. The number of nitrogens with one attached hydrogen (secondary N) is 2. The van der Waals surface area contributed by atoms with Crippen molar-refractivity contribution in [1.29, 1.82) is 0 Å². The lowest BCUT2D eigenvalue weighted by molar-refractivity contribution is -0.131. The molecule has 1 fully saturated rings. The first-order valence-corrected chi connectivity index (χ1v) is 11.3. The number of fused-ring (bicyclic) bond motifs is 1. The Bertz CT molecular complexity index is 648. The summed E-state index contributed by atoms with van der Waals surface area (Å²) in [6.45, 7) is 6.87. The Labute approximate surface area is 198 Å². The van der Waals surface area contributed by atoms with Gasteiger partial charge in [-0.2, -0.15) is 0 Å². The molecule has 0 saturated carbocycles. The van der Waals surface area contributed by atoms with Crippen LogP contribution in [-0.4, -0.2) is 61.4 Å². The number of nitrogens with zero attached hydrogens (tertiary/aromatic N) is 3. The van der Waals surface area contributed by atoms with Crippen molar-refractivity contribution in [3.8, 4) is 0 Å². The monoisotopic (exact) mass is 527 g/mol. The SMILES string of the molecule is CN=C(NCCCC(=O)N1Cc2ccccc2C1)NCCCN1CCCCCC1.I. The summed E-state index contributed by atoms with van der Waals surface area (Å²) in [6.07, 6.45) is 8.00. The summed E-state index contributed by atoms with van der Waals surface area (Å²) < 4.78 is 0. The molecule has 6 nitrogen and oxygen atoms in total. The van der Waals surface area contributed by atoms with Crippen LogP contribution in [-0.2, 0) is 17.9 Å². The van der Waals surface area contributed by atoms with Gasteiger partial charge in [-0.1, -0.05) is 37.1 Å². The molecule has 0 atom stereocenters. The van der Waals surface area contributed by atoms with Crippen LogP contribution in [0.4, 0.5) is 0 Å². The van der Waals surface area contributed by atoms with E-state index in [0.717, 1.165) is 51.5 Å². The van der Waals surface area contributed by atoms with Crippen LogP contribution in [0.25, 0.3) is 0 Å². The lowest BCUT2D eigenvalue weighted by Crippen LogP contribution is -2.39. The van der Waals surface area contributed by atoms with Crippen molar-refractivity contribution in [2.75, 3.05) is 39.8 Å². The zero-order valence-electron chi connectivity index (χ0n) is 18.4. The van der Waals surface area contributed by atoms with Gasteiger partial charge in [-0.3, -0.25) is 9.79 Å². The molecule has 168 valence electrons. The quantitative estimate of drug-likeness (QED) is 0.236. The predicted octanol–water partition coefficient (Wildman–Crippen LogP) is 3.36. The van der Waals surface area contributed by atoms with Crippen molar-refractivity contribution in [2.45, 2.75) is 58.0 Å². The van der Waals surface area contributed by atoms with Crippen molar-refractivity contribution in [3.63, 3.8) is 0 Å². The Morgan fingerprint density at radius 2 is 1.57 bits per heavy atom. The molecular formula is C23H38IN5O. The van der Waals surface area contributed by atoms with Crippen molar-refractivity contribution in [3.05, 3.63) is 35.4 Å². The highest BCUT2D eigenvalue weighted by atomic mass is 127. The highest BCUT2D eigenvalue weighted by Gasteiger charge is 2.22. The lowest BCUT2D eigenvalue weighted by Gasteiger charge is -2.20. The molecule has 1 saturated heterocycles. The Balaban J connectivity index is 0.00000320. The van der Waals surface area contributed by atoms with Gasteiger partial charge in [0.25, 0.3) is 0 Å². The van der Waals surface area contributed by atoms with Crippen LogP contribution in [0, 0.1) is 0 Å². The topological polar surface area (TPSA) is 60.0 Å². The number of likely N-dealkylation sites (tertiary alicyclic amines) is 1. The van der Waals surface area contributed by atoms with E-state index in [0.29, 0.717) is 6.42 Å². The second kappa shape index (κ2) is 13.9. The first kappa shape index (κ1) is 24.9. The minimum atomic E-state index is 0. The number of rotatable bonds is 8. The number of benzene rings is 1. The van der Waals surface area contributed by atoms with E-state index < -0.39 is 0 Å². The van der Waals surface area contributed by atoms with Crippen LogP contribution in [0.2, 0.25) is 0 Å². The highest BCUT2D eigenvalue weighted by Crippen LogP contribution is 2.22. The summed E-state index contributed by atoms with van der Waals surface area (Å²) in [4.78, 5) is 21.3. The highest BCUT2D eigenvalue weighted by molar-refractivity contribution is 14.0. The number of hydrogen-bond donors (Lipinski definition) is 2. The van der Waals surface area contributed by atoms with Gasteiger partial charge in [0.15, 0.2) is 5.96 Å². The third-order valence-electron chi connectivity index (χ3n) is 5.92. The van der Waals surface area contributed by atoms with Crippen molar-refractivity contribution < 1.29 is 4.79 Å². The third-order valence-corrected chi connectivity index (χ3v) is 5.92. The Kier molecular flexibility index (Phi) is 11.5. The van der Waals surface area contributed by atoms with E-state index in [1.54, 1.807) is 7.05 Å². The molecule has 0 aromatic heterocycles. The van der Waals surface area contributed by atoms with Crippen molar-refractivity contribution in [2.24, 2.45) is 4.99 Å². The molecular weight excluding hydrogens is 489 g/mol. The lowest BCUT2D eigenvalue weighted by atomic mass is 10.1. The number of guanidine groups is 1. The molecule has 0 unspecified atom stereocenters. The van der Waals surface area contributed by atoms with Gasteiger partial charge in [-0.05, 0) is 56.4 Å². The summed E-state index contributed by atoms with van der Waals surface area (Å²) in [6, 6.07) is 8.33. The molecule has 1 aromatic rings. The summed E-state index contributed by atoms with van der Waals surface area (Å²) >= 11 is 0. The van der Waals surface area contributed by atoms with E-state index in [4.69, 9.17) is 0 Å². The van der Waals surface area contributed by atoms with Crippen LogP contribution in [0.5, 0.6) is 0 Å². The van der Waals surface area contributed by atoms with Crippen LogP contribution in [0.3, 0.4) is 0 Å². The molecule has 2 aliphatic rings. The zero-order valence-corrected chi connectivity index (χ0v) is 20.7. The van der Waals surface area contributed by atoms with Crippen LogP contribution < -0.4 is 10.6 Å². The van der Waals surface area contributed by atoms with Crippen LogP contribution in [0.15, 0.2) is 29.3 Å². The fraction of sp³-hybridized carbons (Fsp3) is 0.652. The summed E-state index contributed by atoms with van der Waals surface area (Å²) in [5.74, 6) is 1.07. The molecule has 0 bridgehead atoms. The van der Waals surface area contributed by atoms with Crippen molar-refractivity contribution >= 4 is 35.8 Å². The first-order valence-electron chi connectivity index (χ1n) is 11.3. The van der Waals surface area contributed by atoms with Gasteiger partial charge in [-0.25, -0.2) is 0 Å². The normalized spacial score (nSPS) is 17.1. The maximum absolute atomic E-state index is 12.5. The Morgan fingerprint density at radius 1 is 0.967 bits per heavy atom. The average molecular weight is 527 g/mol. The molecule has 2 N–H and O–H groups in total. The van der Waals surface area contributed by atoms with Gasteiger partial charge < -0.3 is 20.4 Å². The summed E-state index contributed by atoms with van der Waals surface area (Å²) in [5, 5.41) is 6.73. The number of halogens is 1. The number of hydrogen-bond acceptors (Lipinski definition) is 3. The molecule has 0 spiro atoms. The number of aliphatic imine (C=N–C) groups is 1. The van der Waals surface area contributed by atoms with Crippen LogP contribution in [0.1, 0.15) is 56.1 Å². The second-order valence-corrected chi connectivity index (χ2v) is 8.16. The van der Waals surface area contributed by atoms with E-state index >= 15 is 0 Å². The molecule has 1 aromatic carbocycles. The van der Waals surface area contributed by atoms with Gasteiger partial charge in [0.1, 0.15) is 0 Å². The maximum atomic E-state index is 12.5. The largest absolute Gasteiger partial charge is 0.356 e. The van der Waals surface area contributed by atoms with Gasteiger partial charge in [0.05, 0.1) is 0 Å². The maximum Gasteiger partial charge on any atom is 0.223 e. The molecule has 30 heavy (non-hydrogen) atoms. The Morgan fingerprint density at radius 3 is 2.17 bits per heavy atom. The summed E-state index contributed by atoms with van der Waals surface area (Å²) in [5.41, 5.74) is 2.56. The fourth-order valence-electron chi connectivity index (χ4n) is 4.20. The number of carbonyl (C=O) groups excluding carboxylic acids is 1. The smallest absolute Gasteiger partial charge is 0.223 e. The predicted molar refractivity (Wildman–Crippen MR) is 134 cm³/mol. The molecule has 0 aliphatic carbocycles. The van der Waals surface area contributed by atoms with Gasteiger partial charge in [0, 0.05) is 39.6 Å². The van der Waals surface area contributed by atoms with Gasteiger partial charge in [-0.15, -0.1) is 24.0 Å². The van der Waals surface area contributed by atoms with E-state index in [1.165, 1.54) is 49.9 Å². The van der Waals surface area contributed by atoms with Gasteiger partial charge >= 0.3 is 0 Å². The standard InChI is InChI=1S/C23H37N5O.HI/c1-24-23(26-14-9-17-27-15-6-2-3-7-16-27)25-13-8-12-22(29)28-18-20-10-4-5-11-21(20)19-28;/h4-5,10-11H,2-3,6-9,12-19H2,1H3,(H2,24,25,26);1H. The van der Waals surface area contributed by atoms with E-state index in [9.17, 15) is 4.79 Å². The molecule has 1 amide bonds. The first-order chi connectivity index (χ1) is 14.3. The number of amides is 1. The minimum Gasteiger partial charge on any atom is -0.356 e. The minimum absolute atomic E-state index is 0. The average Bonchev–Trinajstić information content (AvgIpc) is 3.01. The van der Waals surface area contributed by atoms with Gasteiger partial charge in [0.2, 0.25) is 5.91 Å². The Hall–Kier alpha value is -1.35. The van der Waals surface area contributed by atoms with E-state index in [-0.39, 0.29) is 29.9 Å². The number of carbonyl (C=O) groups is 1. The molecule has 0 radical (unpaired) electrons. The fourth-order valence-corrected chi connectivity index (χ4v) is 4.20. The van der Waals surface area contributed by atoms with E-state index in [1.807, 2.05) is 17.0 Å². The molecule has 7 heteroatoms. The van der Waals surface area contributed by atoms with Crippen LogP contribution >= 0.6 is 24.0 Å². The third kappa shape index (κ3) is 8.06. The summed E-state index contributed by atoms with van der Waals surface area (Å²) in [7, 11) is 1.80. The molecule has 3 rings (SSSR count). The molecule has 2 aliphatic heterocycles. The van der Waals surface area contributed by atoms with E-state index in [2.05, 4.69) is 32.7 Å². The second-order valence-electron chi connectivity index (χ2n) is 8.16. The van der Waals surface area contributed by atoms with Crippen molar-refractivity contribution in [1.82, 2.24) is 20.4 Å². The zero-order chi connectivity index (χ0) is 20.3.